The number of ether oxygens (including phenoxy) is 2. The molecule has 28 heavy (non-hydrogen) atoms. The molecule has 0 saturated carbocycles. The molecule has 0 unspecified atom stereocenters. The molecule has 0 spiro atoms. The number of anilines is 1. The number of halogens is 2. The average molecular weight is 403 g/mol. The second-order valence-corrected chi connectivity index (χ2v) is 6.63. The summed E-state index contributed by atoms with van der Waals surface area (Å²) in [7, 11) is 0. The number of aryl methyl sites for hydroxylation is 1. The maximum absolute atomic E-state index is 14.3. The van der Waals surface area contributed by atoms with Gasteiger partial charge in [0.05, 0.1) is 23.8 Å². The average Bonchev–Trinajstić information content (AvgIpc) is 2.88. The maximum atomic E-state index is 14.3. The van der Waals surface area contributed by atoms with Crippen LogP contribution in [0.2, 0.25) is 5.02 Å². The molecule has 8 heteroatoms. The molecule has 0 aliphatic carbocycles. The lowest BCUT2D eigenvalue weighted by Crippen LogP contribution is -2.14. The number of hydrogen-bond acceptors (Lipinski definition) is 5. The van der Waals surface area contributed by atoms with Gasteiger partial charge in [-0.3, -0.25) is 4.79 Å². The Morgan fingerprint density at radius 3 is 2.75 bits per heavy atom. The van der Waals surface area contributed by atoms with Crippen LogP contribution in [0, 0.1) is 12.7 Å². The molecule has 3 aromatic rings. The number of nitrogens with zero attached hydrogens (tertiary/aromatic N) is 1. The molecule has 4 rings (SSSR count). The van der Waals surface area contributed by atoms with E-state index in [1.54, 1.807) is 25.1 Å². The van der Waals surface area contributed by atoms with Crippen molar-refractivity contribution in [1.29, 1.82) is 0 Å². The third-order valence-electron chi connectivity index (χ3n) is 4.29. The highest BCUT2D eigenvalue weighted by atomic mass is 35.5. The Balaban J connectivity index is 1.67. The summed E-state index contributed by atoms with van der Waals surface area (Å²) in [5, 5.41) is 6.75. The first kappa shape index (κ1) is 18.3. The molecule has 2 aromatic carbocycles. The molecule has 0 fully saturated rings. The number of amides is 1. The highest BCUT2D eigenvalue weighted by Crippen LogP contribution is 2.35. The van der Waals surface area contributed by atoms with Crippen LogP contribution >= 0.6 is 11.6 Å². The van der Waals surface area contributed by atoms with Crippen LogP contribution in [-0.2, 0) is 0 Å². The van der Waals surface area contributed by atoms with Crippen LogP contribution in [-0.4, -0.2) is 24.3 Å². The zero-order valence-corrected chi connectivity index (χ0v) is 15.7. The van der Waals surface area contributed by atoms with E-state index < -0.39 is 11.7 Å². The van der Waals surface area contributed by atoms with Gasteiger partial charge in [-0.2, -0.15) is 0 Å². The summed E-state index contributed by atoms with van der Waals surface area (Å²) in [5.74, 6) is 0.333. The minimum Gasteiger partial charge on any atom is -0.490 e. The normalized spacial score (nSPS) is 13.1. The highest BCUT2D eigenvalue weighted by molar-refractivity contribution is 6.33. The van der Waals surface area contributed by atoms with Crippen molar-refractivity contribution in [2.45, 2.75) is 13.3 Å². The Kier molecular flexibility index (Phi) is 4.92. The van der Waals surface area contributed by atoms with Gasteiger partial charge in [0, 0.05) is 18.2 Å². The van der Waals surface area contributed by atoms with Crippen LogP contribution in [0.1, 0.15) is 22.5 Å². The summed E-state index contributed by atoms with van der Waals surface area (Å²) in [6.07, 6.45) is 0.781. The lowest BCUT2D eigenvalue weighted by atomic mass is 10.0. The number of carbonyl (C=O) groups excluding carboxylic acids is 1. The van der Waals surface area contributed by atoms with E-state index in [0.29, 0.717) is 30.4 Å². The minimum absolute atomic E-state index is 0.0184. The topological polar surface area (TPSA) is 73.6 Å². The fourth-order valence-corrected chi connectivity index (χ4v) is 3.22. The summed E-state index contributed by atoms with van der Waals surface area (Å²) in [5.41, 5.74) is 0.678. The second kappa shape index (κ2) is 7.52. The van der Waals surface area contributed by atoms with E-state index >= 15 is 0 Å². The second-order valence-electron chi connectivity index (χ2n) is 6.23. The van der Waals surface area contributed by atoms with Gasteiger partial charge in [0.2, 0.25) is 0 Å². The van der Waals surface area contributed by atoms with E-state index in [0.717, 1.165) is 6.42 Å². The monoisotopic (exact) mass is 402 g/mol. The Morgan fingerprint density at radius 2 is 1.96 bits per heavy atom. The van der Waals surface area contributed by atoms with Crippen LogP contribution in [0.15, 0.2) is 40.9 Å². The van der Waals surface area contributed by atoms with E-state index in [1.807, 2.05) is 0 Å². The van der Waals surface area contributed by atoms with E-state index in [2.05, 4.69) is 10.5 Å². The molecule has 1 aliphatic heterocycles. The number of carbonyl (C=O) groups is 1. The van der Waals surface area contributed by atoms with Crippen LogP contribution < -0.4 is 14.8 Å². The van der Waals surface area contributed by atoms with Crippen molar-refractivity contribution >= 4 is 23.2 Å². The highest BCUT2D eigenvalue weighted by Gasteiger charge is 2.25. The van der Waals surface area contributed by atoms with Gasteiger partial charge >= 0.3 is 0 Å². The fraction of sp³-hybridized carbons (Fsp3) is 0.200. The largest absolute Gasteiger partial charge is 0.490 e. The van der Waals surface area contributed by atoms with Gasteiger partial charge in [0.1, 0.15) is 22.8 Å². The standard InChI is InChI=1S/C20H16ClFN2O4/c1-11-17(19(24-28-11)18-13(21)4-2-5-14(18)22)20(25)23-12-6-7-15-16(10-12)27-9-3-8-26-15/h2,4-7,10H,3,8-9H2,1H3,(H,23,25). The van der Waals surface area contributed by atoms with Crippen molar-refractivity contribution < 1.29 is 23.2 Å². The number of benzene rings is 2. The van der Waals surface area contributed by atoms with Crippen LogP contribution in [0.5, 0.6) is 11.5 Å². The smallest absolute Gasteiger partial charge is 0.261 e. The Hall–Kier alpha value is -3.06. The van der Waals surface area contributed by atoms with Gasteiger partial charge in [0.25, 0.3) is 5.91 Å². The van der Waals surface area contributed by atoms with Gasteiger partial charge in [-0.05, 0) is 31.2 Å². The summed E-state index contributed by atoms with van der Waals surface area (Å²) in [4.78, 5) is 12.9. The van der Waals surface area contributed by atoms with E-state index in [4.69, 9.17) is 25.6 Å². The molecule has 1 aliphatic rings. The van der Waals surface area contributed by atoms with Crippen molar-refractivity contribution in [3.8, 4) is 22.8 Å². The molecule has 1 N–H and O–H groups in total. The third-order valence-corrected chi connectivity index (χ3v) is 4.61. The Morgan fingerprint density at radius 1 is 1.18 bits per heavy atom. The predicted molar refractivity (Wildman–Crippen MR) is 102 cm³/mol. The SMILES string of the molecule is Cc1onc(-c2c(F)cccc2Cl)c1C(=O)Nc1ccc2c(c1)OCCCO2. The molecule has 1 amide bonds. The van der Waals surface area contributed by atoms with Crippen molar-refractivity contribution in [3.05, 3.63) is 58.6 Å². The quantitative estimate of drug-likeness (QED) is 0.677. The zero-order chi connectivity index (χ0) is 19.7. The van der Waals surface area contributed by atoms with Gasteiger partial charge in [-0.25, -0.2) is 4.39 Å². The molecule has 0 bridgehead atoms. The zero-order valence-electron chi connectivity index (χ0n) is 14.9. The summed E-state index contributed by atoms with van der Waals surface area (Å²) >= 11 is 6.12. The fourth-order valence-electron chi connectivity index (χ4n) is 2.97. The molecule has 0 radical (unpaired) electrons. The molecule has 6 nitrogen and oxygen atoms in total. The lowest BCUT2D eigenvalue weighted by molar-refractivity contribution is 0.102. The molecular weight excluding hydrogens is 387 g/mol. The van der Waals surface area contributed by atoms with E-state index in [1.165, 1.54) is 18.2 Å². The molecule has 0 saturated heterocycles. The first-order chi connectivity index (χ1) is 13.5. The van der Waals surface area contributed by atoms with Gasteiger partial charge in [-0.15, -0.1) is 0 Å². The van der Waals surface area contributed by atoms with Crippen molar-refractivity contribution in [3.63, 3.8) is 0 Å². The first-order valence-electron chi connectivity index (χ1n) is 8.66. The van der Waals surface area contributed by atoms with Crippen molar-refractivity contribution in [2.24, 2.45) is 0 Å². The Bertz CT molecular complexity index is 1030. The van der Waals surface area contributed by atoms with Crippen LogP contribution in [0.4, 0.5) is 10.1 Å². The summed E-state index contributed by atoms with van der Waals surface area (Å²) in [6, 6.07) is 9.35. The van der Waals surface area contributed by atoms with Gasteiger partial charge < -0.3 is 19.3 Å². The number of rotatable bonds is 3. The number of aromatic nitrogens is 1. The van der Waals surface area contributed by atoms with Gasteiger partial charge in [-0.1, -0.05) is 22.8 Å². The van der Waals surface area contributed by atoms with Crippen LogP contribution in [0.25, 0.3) is 11.3 Å². The Labute approximate surface area is 165 Å². The lowest BCUT2D eigenvalue weighted by Gasteiger charge is -2.11. The molecule has 2 heterocycles. The molecule has 1 aromatic heterocycles. The minimum atomic E-state index is -0.592. The third kappa shape index (κ3) is 3.41. The summed E-state index contributed by atoms with van der Waals surface area (Å²) < 4.78 is 30.7. The van der Waals surface area contributed by atoms with Crippen LogP contribution in [0.3, 0.4) is 0 Å². The maximum Gasteiger partial charge on any atom is 0.261 e. The molecular formula is C20H16ClFN2O4. The number of fused-ring (bicyclic) bond motifs is 1. The number of hydrogen-bond donors (Lipinski definition) is 1. The van der Waals surface area contributed by atoms with Crippen molar-refractivity contribution in [1.82, 2.24) is 5.16 Å². The van der Waals surface area contributed by atoms with Gasteiger partial charge in [0.15, 0.2) is 11.5 Å². The number of nitrogens with one attached hydrogen (secondary N) is 1. The predicted octanol–water partition coefficient (Wildman–Crippen LogP) is 4.86. The molecule has 0 atom stereocenters. The summed E-state index contributed by atoms with van der Waals surface area (Å²) in [6.45, 7) is 2.69. The van der Waals surface area contributed by atoms with Crippen molar-refractivity contribution in [2.75, 3.05) is 18.5 Å². The van der Waals surface area contributed by atoms with E-state index in [9.17, 15) is 9.18 Å². The van der Waals surface area contributed by atoms with E-state index in [-0.39, 0.29) is 27.6 Å². The molecule has 144 valence electrons. The first-order valence-corrected chi connectivity index (χ1v) is 9.04.